The van der Waals surface area contributed by atoms with E-state index in [-0.39, 0.29) is 0 Å². The van der Waals surface area contributed by atoms with Crippen molar-refractivity contribution in [3.63, 3.8) is 0 Å². The van der Waals surface area contributed by atoms with Crippen molar-refractivity contribution in [1.82, 2.24) is 10.2 Å². The van der Waals surface area contributed by atoms with Gasteiger partial charge in [0.15, 0.2) is 5.11 Å². The van der Waals surface area contributed by atoms with Crippen molar-refractivity contribution in [3.8, 4) is 5.75 Å². The van der Waals surface area contributed by atoms with Crippen LogP contribution in [0.15, 0.2) is 24.3 Å². The number of hydrogen-bond donors (Lipinski definition) is 1. The Kier molecular flexibility index (Phi) is 4.87. The Hall–Kier alpha value is -1.29. The van der Waals surface area contributed by atoms with Gasteiger partial charge in [0.2, 0.25) is 0 Å². The van der Waals surface area contributed by atoms with E-state index in [0.29, 0.717) is 12.6 Å². The molecule has 2 fully saturated rings. The minimum absolute atomic E-state index is 0.606. The van der Waals surface area contributed by atoms with Crippen molar-refractivity contribution >= 4 is 17.3 Å². The highest BCUT2D eigenvalue weighted by Crippen LogP contribution is 2.44. The van der Waals surface area contributed by atoms with Gasteiger partial charge in [-0.1, -0.05) is 18.6 Å². The van der Waals surface area contributed by atoms with Gasteiger partial charge in [-0.25, -0.2) is 0 Å². The lowest BCUT2D eigenvalue weighted by Crippen LogP contribution is -2.44. The van der Waals surface area contributed by atoms with E-state index in [1.807, 2.05) is 19.1 Å². The molecule has 2 saturated carbocycles. The van der Waals surface area contributed by atoms with Crippen LogP contribution in [0.2, 0.25) is 0 Å². The van der Waals surface area contributed by atoms with E-state index in [1.54, 1.807) is 0 Å². The molecule has 0 aromatic heterocycles. The summed E-state index contributed by atoms with van der Waals surface area (Å²) in [6.07, 6.45) is 5.52. The highest BCUT2D eigenvalue weighted by atomic mass is 32.1. The number of fused-ring (bicyclic) bond motifs is 2. The molecule has 0 aliphatic heterocycles. The third-order valence-electron chi connectivity index (χ3n) is 5.05. The minimum Gasteiger partial charge on any atom is -0.494 e. The van der Waals surface area contributed by atoms with Crippen molar-refractivity contribution < 1.29 is 4.74 Å². The number of thiocarbonyl (C=S) groups is 1. The van der Waals surface area contributed by atoms with Crippen LogP contribution >= 0.6 is 12.2 Å². The summed E-state index contributed by atoms with van der Waals surface area (Å²) in [4.78, 5) is 2.14. The number of hydrogen-bond acceptors (Lipinski definition) is 2. The van der Waals surface area contributed by atoms with Crippen LogP contribution in [0.25, 0.3) is 0 Å². The molecule has 120 valence electrons. The molecule has 4 heteroatoms. The van der Waals surface area contributed by atoms with Gasteiger partial charge in [-0.05, 0) is 67.9 Å². The zero-order valence-electron chi connectivity index (χ0n) is 13.5. The molecule has 22 heavy (non-hydrogen) atoms. The SMILES string of the molecule is CCOc1ccc(CN(C)C(=S)N[C@@H]2C[C@H]3CC[C@@H]2C3)cc1. The maximum absolute atomic E-state index is 5.59. The topological polar surface area (TPSA) is 24.5 Å². The van der Waals surface area contributed by atoms with Gasteiger partial charge in [-0.15, -0.1) is 0 Å². The fourth-order valence-corrected chi connectivity index (χ4v) is 4.11. The Balaban J connectivity index is 1.50. The van der Waals surface area contributed by atoms with Gasteiger partial charge in [-0.3, -0.25) is 0 Å². The molecule has 2 bridgehead atoms. The zero-order chi connectivity index (χ0) is 15.5. The van der Waals surface area contributed by atoms with E-state index in [2.05, 4.69) is 29.4 Å². The van der Waals surface area contributed by atoms with Gasteiger partial charge in [0.25, 0.3) is 0 Å². The molecular weight excluding hydrogens is 292 g/mol. The van der Waals surface area contributed by atoms with E-state index < -0.39 is 0 Å². The van der Waals surface area contributed by atoms with Crippen LogP contribution in [-0.2, 0) is 6.54 Å². The second kappa shape index (κ2) is 6.86. The fourth-order valence-electron chi connectivity index (χ4n) is 3.89. The molecule has 0 unspecified atom stereocenters. The van der Waals surface area contributed by atoms with Crippen LogP contribution in [0.4, 0.5) is 0 Å². The van der Waals surface area contributed by atoms with Crippen molar-refractivity contribution in [2.24, 2.45) is 11.8 Å². The summed E-state index contributed by atoms with van der Waals surface area (Å²) < 4.78 is 5.48. The molecule has 3 nitrogen and oxygen atoms in total. The molecule has 1 N–H and O–H groups in total. The summed E-state index contributed by atoms with van der Waals surface area (Å²) >= 11 is 5.59. The Morgan fingerprint density at radius 3 is 2.64 bits per heavy atom. The lowest BCUT2D eigenvalue weighted by Gasteiger charge is -2.28. The fraction of sp³-hybridized carbons (Fsp3) is 0.611. The highest BCUT2D eigenvalue weighted by Gasteiger charge is 2.39. The van der Waals surface area contributed by atoms with E-state index in [1.165, 1.54) is 31.2 Å². The average Bonchev–Trinajstić information content (AvgIpc) is 3.12. The van der Waals surface area contributed by atoms with Crippen LogP contribution in [0.5, 0.6) is 5.75 Å². The smallest absolute Gasteiger partial charge is 0.169 e. The van der Waals surface area contributed by atoms with Gasteiger partial charge in [-0.2, -0.15) is 0 Å². The first-order chi connectivity index (χ1) is 10.7. The van der Waals surface area contributed by atoms with Gasteiger partial charge in [0, 0.05) is 19.6 Å². The maximum atomic E-state index is 5.59. The minimum atomic E-state index is 0.606. The lowest BCUT2D eigenvalue weighted by atomic mass is 9.95. The number of benzene rings is 1. The summed E-state index contributed by atoms with van der Waals surface area (Å²) in [6.45, 7) is 3.54. The van der Waals surface area contributed by atoms with Gasteiger partial charge >= 0.3 is 0 Å². The predicted octanol–water partition coefficient (Wildman–Crippen LogP) is 3.58. The van der Waals surface area contributed by atoms with Crippen molar-refractivity contribution in [2.45, 2.75) is 45.2 Å². The molecule has 2 aliphatic rings. The van der Waals surface area contributed by atoms with Crippen LogP contribution in [-0.4, -0.2) is 29.7 Å². The zero-order valence-corrected chi connectivity index (χ0v) is 14.4. The first-order valence-electron chi connectivity index (χ1n) is 8.39. The largest absolute Gasteiger partial charge is 0.494 e. The van der Waals surface area contributed by atoms with Gasteiger partial charge in [0.05, 0.1) is 6.61 Å². The van der Waals surface area contributed by atoms with Crippen LogP contribution < -0.4 is 10.1 Å². The molecule has 3 atom stereocenters. The standard InChI is InChI=1S/C18H26N2OS/c1-3-21-16-8-5-13(6-9-16)12-20(2)18(22)19-17-11-14-4-7-15(17)10-14/h5-6,8-9,14-15,17H,3-4,7,10-12H2,1-2H3,(H,19,22)/t14-,15+,17+/m0/s1. The Bertz CT molecular complexity index is 516. The summed E-state index contributed by atoms with van der Waals surface area (Å²) in [5.41, 5.74) is 1.25. The molecular formula is C18H26N2OS. The monoisotopic (exact) mass is 318 g/mol. The summed E-state index contributed by atoms with van der Waals surface area (Å²) in [6, 6.07) is 8.88. The molecule has 0 spiro atoms. The van der Waals surface area contributed by atoms with E-state index in [4.69, 9.17) is 17.0 Å². The third-order valence-corrected chi connectivity index (χ3v) is 5.48. The molecule has 3 rings (SSSR count). The molecule has 0 radical (unpaired) electrons. The van der Waals surface area contributed by atoms with E-state index >= 15 is 0 Å². The maximum Gasteiger partial charge on any atom is 0.169 e. The molecule has 1 aromatic rings. The molecule has 0 heterocycles. The number of nitrogens with one attached hydrogen (secondary N) is 1. The third kappa shape index (κ3) is 3.54. The molecule has 2 aliphatic carbocycles. The number of ether oxygens (including phenoxy) is 1. The predicted molar refractivity (Wildman–Crippen MR) is 94.0 cm³/mol. The Labute approximate surface area is 139 Å². The van der Waals surface area contributed by atoms with Crippen LogP contribution in [0.1, 0.15) is 38.2 Å². The Morgan fingerprint density at radius 1 is 1.27 bits per heavy atom. The van der Waals surface area contributed by atoms with Gasteiger partial charge < -0.3 is 15.0 Å². The van der Waals surface area contributed by atoms with Crippen LogP contribution in [0.3, 0.4) is 0 Å². The molecule has 0 saturated heterocycles. The quantitative estimate of drug-likeness (QED) is 0.839. The first-order valence-corrected chi connectivity index (χ1v) is 8.80. The second-order valence-electron chi connectivity index (χ2n) is 6.66. The average molecular weight is 318 g/mol. The summed E-state index contributed by atoms with van der Waals surface area (Å²) in [5, 5.41) is 4.48. The van der Waals surface area contributed by atoms with Gasteiger partial charge in [0.1, 0.15) is 5.75 Å². The van der Waals surface area contributed by atoms with Crippen molar-refractivity contribution in [1.29, 1.82) is 0 Å². The summed E-state index contributed by atoms with van der Waals surface area (Å²) in [5.74, 6) is 2.72. The molecule has 1 aromatic carbocycles. The highest BCUT2D eigenvalue weighted by molar-refractivity contribution is 7.80. The second-order valence-corrected chi connectivity index (χ2v) is 7.05. The lowest BCUT2D eigenvalue weighted by molar-refractivity contribution is 0.340. The Morgan fingerprint density at radius 2 is 2.05 bits per heavy atom. The normalized spacial score (nSPS) is 26.0. The number of rotatable bonds is 5. The van der Waals surface area contributed by atoms with E-state index in [9.17, 15) is 0 Å². The first kappa shape index (κ1) is 15.6. The summed E-state index contributed by atoms with van der Waals surface area (Å²) in [7, 11) is 2.07. The van der Waals surface area contributed by atoms with E-state index in [0.717, 1.165) is 29.2 Å². The molecule has 0 amide bonds. The number of nitrogens with zero attached hydrogens (tertiary/aromatic N) is 1. The van der Waals surface area contributed by atoms with Crippen molar-refractivity contribution in [3.05, 3.63) is 29.8 Å². The van der Waals surface area contributed by atoms with Crippen LogP contribution in [0, 0.1) is 11.8 Å². The van der Waals surface area contributed by atoms with Crippen molar-refractivity contribution in [2.75, 3.05) is 13.7 Å².